The van der Waals surface area contributed by atoms with Crippen molar-refractivity contribution in [3.63, 3.8) is 0 Å². The van der Waals surface area contributed by atoms with Crippen LogP contribution in [0, 0.1) is 0 Å². The molecule has 5 rings (SSSR count). The molecule has 0 radical (unpaired) electrons. The van der Waals surface area contributed by atoms with Crippen molar-refractivity contribution in [1.82, 2.24) is 14.5 Å². The third-order valence-corrected chi connectivity index (χ3v) is 7.86. The number of hydrogen-bond donors (Lipinski definition) is 0. The predicted octanol–water partition coefficient (Wildman–Crippen LogP) is 2.90. The van der Waals surface area contributed by atoms with Gasteiger partial charge in [0.2, 0.25) is 16.1 Å². The Morgan fingerprint density at radius 1 is 1.03 bits per heavy atom. The van der Waals surface area contributed by atoms with Crippen LogP contribution in [0.15, 0.2) is 63.1 Å². The normalized spacial score (nSPS) is 19.1. The van der Waals surface area contributed by atoms with Gasteiger partial charge in [-0.1, -0.05) is 36.0 Å². The number of fused-ring (bicyclic) bond motifs is 1. The smallest absolute Gasteiger partial charge is 0.277 e. The third-order valence-electron chi connectivity index (χ3n) is 5.07. The zero-order valence-electron chi connectivity index (χ0n) is 17.0. The van der Waals surface area contributed by atoms with Crippen LogP contribution in [-0.4, -0.2) is 55.8 Å². The van der Waals surface area contributed by atoms with Gasteiger partial charge in [0.15, 0.2) is 11.5 Å². The summed E-state index contributed by atoms with van der Waals surface area (Å²) in [7, 11) is -3.54. The zero-order chi connectivity index (χ0) is 22.0. The Bertz CT molecular complexity index is 1190. The highest BCUT2D eigenvalue weighted by Crippen LogP contribution is 2.36. The van der Waals surface area contributed by atoms with Gasteiger partial charge in [-0.05, 0) is 29.8 Å². The van der Waals surface area contributed by atoms with Crippen LogP contribution in [0.4, 0.5) is 0 Å². The molecule has 1 fully saturated rings. The first kappa shape index (κ1) is 21.3. The molecule has 1 aromatic heterocycles. The van der Waals surface area contributed by atoms with Gasteiger partial charge >= 0.3 is 0 Å². The summed E-state index contributed by atoms with van der Waals surface area (Å²) in [6, 6.07) is 14.3. The summed E-state index contributed by atoms with van der Waals surface area (Å²) in [6.45, 7) is 1.84. The van der Waals surface area contributed by atoms with Crippen molar-refractivity contribution in [2.45, 2.75) is 22.0 Å². The quantitative estimate of drug-likeness (QED) is 0.498. The molecule has 3 heterocycles. The van der Waals surface area contributed by atoms with E-state index in [4.69, 9.17) is 18.6 Å². The number of benzene rings is 2. The Kier molecular flexibility index (Phi) is 6.05. The number of nitrogens with zero attached hydrogens (tertiary/aromatic N) is 3. The van der Waals surface area contributed by atoms with Crippen LogP contribution in [0.1, 0.15) is 17.6 Å². The number of morpholine rings is 1. The molecule has 1 atom stereocenters. The summed E-state index contributed by atoms with van der Waals surface area (Å²) >= 11 is 1.33. The monoisotopic (exact) mass is 475 g/mol. The molecule has 32 heavy (non-hydrogen) atoms. The largest absolute Gasteiger partial charge is 0.485 e. The maximum absolute atomic E-state index is 12.9. The van der Waals surface area contributed by atoms with Crippen LogP contribution in [0.5, 0.6) is 11.5 Å². The Morgan fingerprint density at radius 3 is 2.69 bits per heavy atom. The second kappa shape index (κ2) is 9.10. The first-order valence-corrected chi connectivity index (χ1v) is 12.5. The molecule has 2 aliphatic rings. The summed E-state index contributed by atoms with van der Waals surface area (Å²) in [5, 5.41) is 8.54. The van der Waals surface area contributed by atoms with Crippen LogP contribution < -0.4 is 9.47 Å². The summed E-state index contributed by atoms with van der Waals surface area (Å²) in [4.78, 5) is 0.273. The van der Waals surface area contributed by atoms with Gasteiger partial charge in [0.05, 0.1) is 18.1 Å². The molecule has 9 nitrogen and oxygen atoms in total. The molecular formula is C21H21N3O6S2. The highest BCUT2D eigenvalue weighted by Gasteiger charge is 2.28. The van der Waals surface area contributed by atoms with Gasteiger partial charge in [0.1, 0.15) is 6.61 Å². The van der Waals surface area contributed by atoms with Crippen molar-refractivity contribution in [2.24, 2.45) is 0 Å². The van der Waals surface area contributed by atoms with Crippen LogP contribution in [-0.2, 0) is 20.5 Å². The number of sulfonamides is 1. The lowest BCUT2D eigenvalue weighted by molar-refractivity contribution is 0.0686. The highest BCUT2D eigenvalue weighted by atomic mass is 32.2. The molecule has 0 unspecified atom stereocenters. The van der Waals surface area contributed by atoms with Gasteiger partial charge in [-0.25, -0.2) is 8.42 Å². The molecule has 3 aromatic rings. The minimum Gasteiger partial charge on any atom is -0.485 e. The number of ether oxygens (including phenoxy) is 3. The fourth-order valence-electron chi connectivity index (χ4n) is 3.43. The zero-order valence-corrected chi connectivity index (χ0v) is 18.7. The average Bonchev–Trinajstić information content (AvgIpc) is 3.32. The standard InChI is InChI=1S/C21H21N3O6S2/c25-32(26,24-8-10-27-11-9-24)16-5-3-4-15(12-16)14-31-21-23-22-20(30-21)19-13-28-17-6-1-2-7-18(17)29-19/h1-7,12,19H,8-11,13-14H2/t19-/m0/s1. The molecular weight excluding hydrogens is 454 g/mol. The van der Waals surface area contributed by atoms with Crippen molar-refractivity contribution in [3.05, 3.63) is 60.0 Å². The summed E-state index contributed by atoms with van der Waals surface area (Å²) in [5.41, 5.74) is 0.843. The molecule has 0 saturated carbocycles. The number of rotatable bonds is 6. The number of para-hydroxylation sites is 2. The van der Waals surface area contributed by atoms with E-state index in [1.807, 2.05) is 30.3 Å². The van der Waals surface area contributed by atoms with E-state index in [0.717, 1.165) is 5.56 Å². The van der Waals surface area contributed by atoms with E-state index >= 15 is 0 Å². The Morgan fingerprint density at radius 2 is 1.84 bits per heavy atom. The number of thioether (sulfide) groups is 1. The Hall–Kier alpha value is -2.60. The minimum atomic E-state index is -3.54. The first-order valence-electron chi connectivity index (χ1n) is 10.1. The van der Waals surface area contributed by atoms with E-state index in [1.54, 1.807) is 18.2 Å². The van der Waals surface area contributed by atoms with Crippen molar-refractivity contribution in [3.8, 4) is 11.5 Å². The van der Waals surface area contributed by atoms with Crippen LogP contribution in [0.3, 0.4) is 0 Å². The van der Waals surface area contributed by atoms with E-state index in [0.29, 0.717) is 54.7 Å². The minimum absolute atomic E-state index is 0.273. The Labute approximate surface area is 189 Å². The fraction of sp³-hybridized carbons (Fsp3) is 0.333. The van der Waals surface area contributed by atoms with Crippen molar-refractivity contribution < 1.29 is 27.0 Å². The molecule has 0 bridgehead atoms. The molecule has 0 aliphatic carbocycles. The second-order valence-electron chi connectivity index (χ2n) is 7.22. The fourth-order valence-corrected chi connectivity index (χ4v) is 5.62. The van der Waals surface area contributed by atoms with Crippen LogP contribution in [0.25, 0.3) is 0 Å². The highest BCUT2D eigenvalue weighted by molar-refractivity contribution is 7.98. The van der Waals surface area contributed by atoms with E-state index in [2.05, 4.69) is 10.2 Å². The van der Waals surface area contributed by atoms with E-state index in [9.17, 15) is 8.42 Å². The number of hydrogen-bond acceptors (Lipinski definition) is 9. The van der Waals surface area contributed by atoms with Gasteiger partial charge in [0, 0.05) is 18.8 Å². The molecule has 0 spiro atoms. The summed E-state index contributed by atoms with van der Waals surface area (Å²) < 4.78 is 49.8. The van der Waals surface area contributed by atoms with Crippen molar-refractivity contribution >= 4 is 21.8 Å². The maximum atomic E-state index is 12.9. The van der Waals surface area contributed by atoms with Gasteiger partial charge in [-0.2, -0.15) is 4.31 Å². The van der Waals surface area contributed by atoms with Crippen molar-refractivity contribution in [1.29, 1.82) is 0 Å². The molecule has 11 heteroatoms. The molecule has 168 valence electrons. The average molecular weight is 476 g/mol. The summed E-state index contributed by atoms with van der Waals surface area (Å²) in [6.07, 6.45) is -0.478. The molecule has 2 aromatic carbocycles. The molecule has 0 amide bonds. The number of aromatic nitrogens is 2. The third kappa shape index (κ3) is 4.46. The van der Waals surface area contributed by atoms with Crippen LogP contribution in [0.2, 0.25) is 0 Å². The van der Waals surface area contributed by atoms with E-state index in [-0.39, 0.29) is 11.5 Å². The Balaban J connectivity index is 1.23. The van der Waals surface area contributed by atoms with Crippen molar-refractivity contribution in [2.75, 3.05) is 32.9 Å². The van der Waals surface area contributed by atoms with Crippen LogP contribution >= 0.6 is 11.8 Å². The lowest BCUT2D eigenvalue weighted by Crippen LogP contribution is -2.40. The van der Waals surface area contributed by atoms with Gasteiger partial charge in [0.25, 0.3) is 11.1 Å². The van der Waals surface area contributed by atoms with E-state index < -0.39 is 16.1 Å². The van der Waals surface area contributed by atoms with Gasteiger partial charge in [-0.15, -0.1) is 10.2 Å². The summed E-state index contributed by atoms with van der Waals surface area (Å²) in [5.74, 6) is 2.14. The van der Waals surface area contributed by atoms with Gasteiger partial charge in [-0.3, -0.25) is 0 Å². The van der Waals surface area contributed by atoms with E-state index in [1.165, 1.54) is 16.1 Å². The lowest BCUT2D eigenvalue weighted by atomic mass is 10.2. The first-order chi connectivity index (χ1) is 15.6. The lowest BCUT2D eigenvalue weighted by Gasteiger charge is -2.26. The topological polar surface area (TPSA) is 104 Å². The molecule has 2 aliphatic heterocycles. The van der Waals surface area contributed by atoms with Gasteiger partial charge < -0.3 is 18.6 Å². The predicted molar refractivity (Wildman–Crippen MR) is 115 cm³/mol. The SMILES string of the molecule is O=S(=O)(c1cccc(CSc2nnc([C@@H]3COc4ccccc4O3)o2)c1)N1CCOCC1. The molecule has 0 N–H and O–H groups in total. The maximum Gasteiger partial charge on any atom is 0.277 e. The second-order valence-corrected chi connectivity index (χ2v) is 10.1. The molecule has 1 saturated heterocycles.